The molecule has 9 nitrogen and oxygen atoms in total. The van der Waals surface area contributed by atoms with E-state index in [0.717, 1.165) is 78.3 Å². The van der Waals surface area contributed by atoms with Gasteiger partial charge >= 0.3 is 6.03 Å². The third-order valence-electron chi connectivity index (χ3n) is 7.53. The van der Waals surface area contributed by atoms with E-state index in [2.05, 4.69) is 37.5 Å². The first-order chi connectivity index (χ1) is 20.4. The maximum atomic E-state index is 12.3. The molecule has 0 aromatic rings. The molecule has 3 amide bonds. The summed E-state index contributed by atoms with van der Waals surface area (Å²) in [6.45, 7) is 36.5. The van der Waals surface area contributed by atoms with Gasteiger partial charge in [-0.15, -0.1) is 0 Å². The normalized spacial score (nSPS) is 19.8. The minimum Gasteiger partial charge on any atom is -0.378 e. The smallest absolute Gasteiger partial charge is 0.320 e. The van der Waals surface area contributed by atoms with E-state index < -0.39 is 0 Å². The van der Waals surface area contributed by atoms with Crippen molar-refractivity contribution in [3.63, 3.8) is 0 Å². The van der Waals surface area contributed by atoms with E-state index in [1.807, 2.05) is 70.1 Å². The van der Waals surface area contributed by atoms with Crippen LogP contribution in [0.15, 0.2) is 0 Å². The number of piperidine rings is 1. The van der Waals surface area contributed by atoms with Gasteiger partial charge in [0, 0.05) is 70.4 Å². The van der Waals surface area contributed by atoms with Crippen molar-refractivity contribution in [1.82, 2.24) is 24.5 Å². The number of hydrogen-bond donors (Lipinski definition) is 0. The summed E-state index contributed by atoms with van der Waals surface area (Å²) in [6.07, 6.45) is 2.04. The maximum absolute atomic E-state index is 12.3. The van der Waals surface area contributed by atoms with Crippen LogP contribution in [0.4, 0.5) is 4.79 Å². The number of amides is 3. The van der Waals surface area contributed by atoms with Crippen LogP contribution in [0.2, 0.25) is 0 Å². The van der Waals surface area contributed by atoms with Gasteiger partial charge in [0.15, 0.2) is 0 Å². The van der Waals surface area contributed by atoms with Crippen LogP contribution in [-0.2, 0) is 14.3 Å². The zero-order valence-corrected chi connectivity index (χ0v) is 29.9. The summed E-state index contributed by atoms with van der Waals surface area (Å²) >= 11 is 0. The lowest BCUT2D eigenvalue weighted by molar-refractivity contribution is -0.141. The fourth-order valence-corrected chi connectivity index (χ4v) is 5.09. The Morgan fingerprint density at radius 2 is 0.833 bits per heavy atom. The van der Waals surface area contributed by atoms with Crippen molar-refractivity contribution in [1.29, 1.82) is 0 Å². The lowest BCUT2D eigenvalue weighted by atomic mass is 9.94. The van der Waals surface area contributed by atoms with Gasteiger partial charge in [0.2, 0.25) is 5.91 Å². The first kappa shape index (κ1) is 42.7. The average Bonchev–Trinajstić information content (AvgIpc) is 3.09. The average molecular weight is 602 g/mol. The summed E-state index contributed by atoms with van der Waals surface area (Å²) in [5.74, 6) is 0.611. The molecule has 0 aromatic carbocycles. The maximum Gasteiger partial charge on any atom is 0.320 e. The predicted molar refractivity (Wildman–Crippen MR) is 178 cm³/mol. The number of nitrogens with zero attached hydrogens (tertiary/aromatic N) is 5. The number of carbonyl (C=O) groups is 2. The van der Waals surface area contributed by atoms with Crippen molar-refractivity contribution in [3.05, 3.63) is 0 Å². The molecule has 0 radical (unpaired) electrons. The van der Waals surface area contributed by atoms with Gasteiger partial charge in [-0.3, -0.25) is 9.69 Å². The van der Waals surface area contributed by atoms with E-state index in [4.69, 9.17) is 9.47 Å². The lowest BCUT2D eigenvalue weighted by Crippen LogP contribution is -2.55. The van der Waals surface area contributed by atoms with Gasteiger partial charge in [0.25, 0.3) is 0 Å². The van der Waals surface area contributed by atoms with E-state index >= 15 is 0 Å². The lowest BCUT2D eigenvalue weighted by Gasteiger charge is -2.39. The molecule has 4 saturated heterocycles. The molecule has 0 aromatic heterocycles. The van der Waals surface area contributed by atoms with Crippen LogP contribution in [0.1, 0.15) is 95.9 Å². The first-order valence-electron chi connectivity index (χ1n) is 17.3. The van der Waals surface area contributed by atoms with Crippen molar-refractivity contribution in [2.24, 2.45) is 5.92 Å². The molecular formula is C33H71N5O4. The molecule has 0 spiro atoms. The highest BCUT2D eigenvalue weighted by molar-refractivity contribution is 5.79. The molecule has 4 aliphatic rings. The van der Waals surface area contributed by atoms with Crippen LogP contribution < -0.4 is 0 Å². The molecule has 0 aliphatic carbocycles. The molecule has 0 unspecified atom stereocenters. The number of piperazine rings is 1. The van der Waals surface area contributed by atoms with Crippen molar-refractivity contribution in [2.45, 2.75) is 108 Å². The molecule has 252 valence electrons. The number of carbonyl (C=O) groups excluding carboxylic acids is 2. The van der Waals surface area contributed by atoms with Gasteiger partial charge in [-0.05, 0) is 53.6 Å². The summed E-state index contributed by atoms with van der Waals surface area (Å²) in [6, 6.07) is 1.38. The summed E-state index contributed by atoms with van der Waals surface area (Å²) in [4.78, 5) is 35.2. The fourth-order valence-electron chi connectivity index (χ4n) is 5.09. The standard InChI is InChI=1S/C13H24N2O2.C12H23N3O2.4C2H6/c1-11(2)14-5-3-12(4-6-14)13(16)15-7-9-17-10-8-15;1-11(2)13-3-5-14(6-4-13)12(16)15-7-9-17-10-8-15;4*1-2/h11-12H,3-10H2,1-2H3;11H,3-10H2,1-2H3;4*1-2H3. The van der Waals surface area contributed by atoms with Crippen molar-refractivity contribution in [3.8, 4) is 0 Å². The molecule has 0 saturated carbocycles. The number of morpholine rings is 2. The predicted octanol–water partition coefficient (Wildman–Crippen LogP) is 5.54. The van der Waals surface area contributed by atoms with E-state index in [1.54, 1.807) is 0 Å². The fraction of sp³-hybridized carbons (Fsp3) is 0.939. The molecule has 0 bridgehead atoms. The number of rotatable bonds is 3. The summed E-state index contributed by atoms with van der Waals surface area (Å²) < 4.78 is 10.5. The molecule has 0 atom stereocenters. The van der Waals surface area contributed by atoms with Crippen LogP contribution in [0.5, 0.6) is 0 Å². The number of hydrogen-bond acceptors (Lipinski definition) is 6. The third kappa shape index (κ3) is 15.9. The van der Waals surface area contributed by atoms with Crippen LogP contribution in [0.25, 0.3) is 0 Å². The minimum atomic E-state index is 0.191. The Labute approximate surface area is 261 Å². The monoisotopic (exact) mass is 602 g/mol. The van der Waals surface area contributed by atoms with E-state index in [0.29, 0.717) is 44.4 Å². The van der Waals surface area contributed by atoms with Crippen molar-refractivity contribution in [2.75, 3.05) is 91.9 Å². The van der Waals surface area contributed by atoms with Gasteiger partial charge in [0.05, 0.1) is 26.4 Å². The van der Waals surface area contributed by atoms with Gasteiger partial charge in [-0.1, -0.05) is 55.4 Å². The van der Waals surface area contributed by atoms with E-state index in [9.17, 15) is 9.59 Å². The summed E-state index contributed by atoms with van der Waals surface area (Å²) in [5, 5.41) is 0. The third-order valence-corrected chi connectivity index (χ3v) is 7.53. The van der Waals surface area contributed by atoms with Crippen LogP contribution in [-0.4, -0.2) is 140 Å². The highest BCUT2D eigenvalue weighted by Gasteiger charge is 2.30. The van der Waals surface area contributed by atoms with Crippen LogP contribution >= 0.6 is 0 Å². The molecule has 4 heterocycles. The largest absolute Gasteiger partial charge is 0.378 e. The van der Waals surface area contributed by atoms with Gasteiger partial charge in [0.1, 0.15) is 0 Å². The number of likely N-dealkylation sites (tertiary alicyclic amines) is 1. The molecule has 4 fully saturated rings. The van der Waals surface area contributed by atoms with Crippen molar-refractivity contribution >= 4 is 11.9 Å². The van der Waals surface area contributed by atoms with E-state index in [-0.39, 0.29) is 11.9 Å². The molecule has 9 heteroatoms. The second-order valence-corrected chi connectivity index (χ2v) is 10.3. The molecule has 4 rings (SSSR count). The van der Waals surface area contributed by atoms with Crippen molar-refractivity contribution < 1.29 is 19.1 Å². The Morgan fingerprint density at radius 1 is 0.500 bits per heavy atom. The number of ether oxygens (including phenoxy) is 2. The van der Waals surface area contributed by atoms with Gasteiger partial charge < -0.3 is 29.1 Å². The molecule has 0 N–H and O–H groups in total. The Balaban J connectivity index is 0. The number of urea groups is 1. The second-order valence-electron chi connectivity index (χ2n) is 10.3. The van der Waals surface area contributed by atoms with Gasteiger partial charge in [-0.2, -0.15) is 0 Å². The second kappa shape index (κ2) is 27.2. The highest BCUT2D eigenvalue weighted by Crippen LogP contribution is 2.21. The topological polar surface area (TPSA) is 68.8 Å². The molecule has 42 heavy (non-hydrogen) atoms. The zero-order chi connectivity index (χ0) is 32.5. The Morgan fingerprint density at radius 3 is 1.21 bits per heavy atom. The minimum absolute atomic E-state index is 0.191. The summed E-state index contributed by atoms with van der Waals surface area (Å²) in [7, 11) is 0. The molecule has 4 aliphatic heterocycles. The molecular weight excluding hydrogens is 530 g/mol. The quantitative estimate of drug-likeness (QED) is 0.424. The highest BCUT2D eigenvalue weighted by atomic mass is 16.5. The first-order valence-corrected chi connectivity index (χ1v) is 17.3. The van der Waals surface area contributed by atoms with E-state index in [1.165, 1.54) is 0 Å². The Bertz CT molecular complexity index is 568. The Kier molecular flexibility index (Phi) is 27.6. The van der Waals surface area contributed by atoms with Crippen LogP contribution in [0, 0.1) is 5.92 Å². The SMILES string of the molecule is CC.CC.CC.CC.CC(C)N1CCC(C(=O)N2CCOCC2)CC1.CC(C)N1CCN(C(=O)N2CCOCC2)CC1. The Hall–Kier alpha value is -1.42. The van der Waals surface area contributed by atoms with Crippen LogP contribution in [0.3, 0.4) is 0 Å². The van der Waals surface area contributed by atoms with Gasteiger partial charge in [-0.25, -0.2) is 4.79 Å². The zero-order valence-electron chi connectivity index (χ0n) is 29.9. The summed E-state index contributed by atoms with van der Waals surface area (Å²) in [5.41, 5.74) is 0.